The van der Waals surface area contributed by atoms with Gasteiger partial charge in [-0.1, -0.05) is 67.1 Å². The summed E-state index contributed by atoms with van der Waals surface area (Å²) in [5.74, 6) is -0.364. The van der Waals surface area contributed by atoms with E-state index in [1.54, 1.807) is 60.7 Å². The van der Waals surface area contributed by atoms with E-state index in [-0.39, 0.29) is 21.1 Å². The van der Waals surface area contributed by atoms with Crippen LogP contribution in [0.25, 0.3) is 10.9 Å². The van der Waals surface area contributed by atoms with E-state index in [0.29, 0.717) is 16.5 Å². The van der Waals surface area contributed by atoms with Gasteiger partial charge in [-0.15, -0.1) is 0 Å². The fourth-order valence-corrected chi connectivity index (χ4v) is 5.08. The largest absolute Gasteiger partial charge is 0.289 e. The molecule has 0 aliphatic carbocycles. The molecule has 0 radical (unpaired) electrons. The summed E-state index contributed by atoms with van der Waals surface area (Å²) in [6.45, 7) is 3.94. The second-order valence-corrected chi connectivity index (χ2v) is 9.10. The molecule has 0 bridgehead atoms. The first-order chi connectivity index (χ1) is 14.4. The zero-order chi connectivity index (χ0) is 21.3. The van der Waals surface area contributed by atoms with E-state index >= 15 is 0 Å². The van der Waals surface area contributed by atoms with Gasteiger partial charge in [-0.05, 0) is 37.1 Å². The average molecular weight is 416 g/mol. The van der Waals surface area contributed by atoms with Crippen LogP contribution >= 0.6 is 0 Å². The Labute approximate surface area is 176 Å². The van der Waals surface area contributed by atoms with Gasteiger partial charge in [0.2, 0.25) is 9.84 Å². The smallest absolute Gasteiger partial charge is 0.208 e. The number of pyridine rings is 1. The second kappa shape index (κ2) is 7.84. The fraction of sp³-hybridized carbons (Fsp3) is 0.120. The molecule has 0 saturated carbocycles. The van der Waals surface area contributed by atoms with E-state index in [4.69, 9.17) is 0 Å². The van der Waals surface area contributed by atoms with Gasteiger partial charge in [0.05, 0.1) is 20.9 Å². The van der Waals surface area contributed by atoms with Gasteiger partial charge in [-0.2, -0.15) is 0 Å². The van der Waals surface area contributed by atoms with Crippen LogP contribution in [0, 0.1) is 6.92 Å². The van der Waals surface area contributed by atoms with Crippen molar-refractivity contribution in [3.8, 4) is 0 Å². The molecule has 3 aromatic carbocycles. The summed E-state index contributed by atoms with van der Waals surface area (Å²) < 4.78 is 27.4. The van der Waals surface area contributed by atoms with E-state index in [2.05, 4.69) is 4.98 Å². The van der Waals surface area contributed by atoms with Crippen molar-refractivity contribution >= 4 is 26.5 Å². The number of nitrogens with zero attached hydrogens (tertiary/aromatic N) is 1. The highest BCUT2D eigenvalue weighted by Gasteiger charge is 2.28. The Morgan fingerprint density at radius 1 is 0.900 bits per heavy atom. The number of aryl methyl sites for hydroxylation is 2. The molecular weight excluding hydrogens is 394 g/mol. The second-order valence-electron chi connectivity index (χ2n) is 7.21. The molecule has 4 nitrogen and oxygen atoms in total. The van der Waals surface area contributed by atoms with Crippen LogP contribution in [0.4, 0.5) is 0 Å². The number of carbonyl (C=O) groups is 1. The highest BCUT2D eigenvalue weighted by Crippen LogP contribution is 2.32. The van der Waals surface area contributed by atoms with Gasteiger partial charge < -0.3 is 0 Å². The molecule has 30 heavy (non-hydrogen) atoms. The minimum atomic E-state index is -3.94. The maximum absolute atomic E-state index is 13.7. The normalized spacial score (nSPS) is 11.5. The third kappa shape index (κ3) is 3.53. The van der Waals surface area contributed by atoms with Crippen molar-refractivity contribution in [3.63, 3.8) is 0 Å². The molecule has 150 valence electrons. The number of fused-ring (bicyclic) bond motifs is 1. The maximum atomic E-state index is 13.7. The Hall–Kier alpha value is -3.31. The van der Waals surface area contributed by atoms with Crippen LogP contribution < -0.4 is 0 Å². The van der Waals surface area contributed by atoms with Crippen molar-refractivity contribution in [1.29, 1.82) is 0 Å². The predicted molar refractivity (Wildman–Crippen MR) is 118 cm³/mol. The molecule has 5 heteroatoms. The Kier molecular flexibility index (Phi) is 5.22. The van der Waals surface area contributed by atoms with Gasteiger partial charge in [-0.25, -0.2) is 8.42 Å². The average Bonchev–Trinajstić information content (AvgIpc) is 2.78. The summed E-state index contributed by atoms with van der Waals surface area (Å²) in [5, 5.41) is 0.440. The summed E-state index contributed by atoms with van der Waals surface area (Å²) in [5.41, 5.74) is 3.10. The highest BCUT2D eigenvalue weighted by atomic mass is 32.2. The number of ketones is 1. The molecule has 0 fully saturated rings. The number of hydrogen-bond donors (Lipinski definition) is 0. The van der Waals surface area contributed by atoms with Crippen molar-refractivity contribution < 1.29 is 13.2 Å². The third-order valence-corrected chi connectivity index (χ3v) is 7.07. The number of rotatable bonds is 5. The molecule has 0 saturated heterocycles. The molecule has 0 aliphatic heterocycles. The van der Waals surface area contributed by atoms with Gasteiger partial charge in [0.25, 0.3) is 0 Å². The van der Waals surface area contributed by atoms with Gasteiger partial charge in [-0.3, -0.25) is 9.78 Å². The molecule has 1 aromatic heterocycles. The standard InChI is InChI=1S/C25H21NO3S/c1-3-18-10-14-20(15-11-18)30(28,29)25-21-6-4-5-7-23(21)26-16-22(25)24(27)19-12-8-17(2)9-13-19/h4-16H,3H2,1-2H3. The number of benzene rings is 3. The van der Waals surface area contributed by atoms with E-state index in [9.17, 15) is 13.2 Å². The molecule has 0 N–H and O–H groups in total. The summed E-state index contributed by atoms with van der Waals surface area (Å²) in [6.07, 6.45) is 2.19. The van der Waals surface area contributed by atoms with Crippen LogP contribution in [-0.2, 0) is 16.3 Å². The minimum absolute atomic E-state index is 0.00271. The Morgan fingerprint density at radius 2 is 1.57 bits per heavy atom. The highest BCUT2D eigenvalue weighted by molar-refractivity contribution is 7.91. The topological polar surface area (TPSA) is 64.1 Å². The third-order valence-electron chi connectivity index (χ3n) is 5.20. The van der Waals surface area contributed by atoms with Crippen LogP contribution in [0.1, 0.15) is 34.0 Å². The van der Waals surface area contributed by atoms with E-state index < -0.39 is 9.84 Å². The van der Waals surface area contributed by atoms with Crippen molar-refractivity contribution in [2.24, 2.45) is 0 Å². The number of aromatic nitrogens is 1. The monoisotopic (exact) mass is 415 g/mol. The molecule has 0 aliphatic rings. The first kappa shape index (κ1) is 20.0. The lowest BCUT2D eigenvalue weighted by atomic mass is 10.0. The van der Waals surface area contributed by atoms with Crippen molar-refractivity contribution in [2.45, 2.75) is 30.1 Å². The van der Waals surface area contributed by atoms with E-state index in [1.807, 2.05) is 26.0 Å². The molecule has 0 unspecified atom stereocenters. The number of sulfone groups is 1. The molecule has 0 atom stereocenters. The van der Waals surface area contributed by atoms with Gasteiger partial charge >= 0.3 is 0 Å². The molecule has 0 amide bonds. The number of hydrogen-bond acceptors (Lipinski definition) is 4. The lowest BCUT2D eigenvalue weighted by Crippen LogP contribution is -2.12. The lowest BCUT2D eigenvalue weighted by molar-refractivity contribution is 0.103. The molecular formula is C25H21NO3S. The Balaban J connectivity index is 1.97. The van der Waals surface area contributed by atoms with Gasteiger partial charge in [0.15, 0.2) is 5.78 Å². The summed E-state index contributed by atoms with van der Waals surface area (Å²) in [6, 6.07) is 20.9. The SMILES string of the molecule is CCc1ccc(S(=O)(=O)c2c(C(=O)c3ccc(C)cc3)cnc3ccccc23)cc1. The summed E-state index contributed by atoms with van der Waals surface area (Å²) in [7, 11) is -3.94. The summed E-state index contributed by atoms with van der Waals surface area (Å²) >= 11 is 0. The number of carbonyl (C=O) groups excluding carboxylic acids is 1. The lowest BCUT2D eigenvalue weighted by Gasteiger charge is -2.13. The fourth-order valence-electron chi connectivity index (χ4n) is 3.45. The molecule has 4 rings (SSSR count). The first-order valence-electron chi connectivity index (χ1n) is 9.75. The zero-order valence-corrected chi connectivity index (χ0v) is 17.6. The van der Waals surface area contributed by atoms with Crippen LogP contribution in [0.2, 0.25) is 0 Å². The van der Waals surface area contributed by atoms with Crippen LogP contribution in [-0.4, -0.2) is 19.2 Å². The predicted octanol–water partition coefficient (Wildman–Crippen LogP) is 5.17. The van der Waals surface area contributed by atoms with Crippen molar-refractivity contribution in [1.82, 2.24) is 4.98 Å². The zero-order valence-electron chi connectivity index (χ0n) is 16.8. The summed E-state index contributed by atoms with van der Waals surface area (Å²) in [4.78, 5) is 17.8. The van der Waals surface area contributed by atoms with Gasteiger partial charge in [0, 0.05) is 17.1 Å². The maximum Gasteiger partial charge on any atom is 0.208 e. The van der Waals surface area contributed by atoms with Crippen molar-refractivity contribution in [2.75, 3.05) is 0 Å². The minimum Gasteiger partial charge on any atom is -0.289 e. The van der Waals surface area contributed by atoms with Crippen LogP contribution in [0.15, 0.2) is 88.8 Å². The van der Waals surface area contributed by atoms with E-state index in [1.165, 1.54) is 6.20 Å². The molecule has 1 heterocycles. The van der Waals surface area contributed by atoms with E-state index in [0.717, 1.165) is 17.5 Å². The number of para-hydroxylation sites is 1. The molecule has 4 aromatic rings. The Bertz CT molecular complexity index is 1340. The van der Waals surface area contributed by atoms with Crippen molar-refractivity contribution in [3.05, 3.63) is 101 Å². The first-order valence-corrected chi connectivity index (χ1v) is 11.2. The van der Waals surface area contributed by atoms with Crippen LogP contribution in [0.3, 0.4) is 0 Å². The Morgan fingerprint density at radius 3 is 2.23 bits per heavy atom. The quantitative estimate of drug-likeness (QED) is 0.422. The molecule has 0 spiro atoms. The van der Waals surface area contributed by atoms with Gasteiger partial charge in [0.1, 0.15) is 0 Å². The van der Waals surface area contributed by atoms with Crippen LogP contribution in [0.5, 0.6) is 0 Å².